The average molecular weight is 354 g/mol. The van der Waals surface area contributed by atoms with Gasteiger partial charge in [0.1, 0.15) is 0 Å². The van der Waals surface area contributed by atoms with E-state index in [9.17, 15) is 18.0 Å². The van der Waals surface area contributed by atoms with Crippen molar-refractivity contribution >= 4 is 23.2 Å². The van der Waals surface area contributed by atoms with Crippen molar-refractivity contribution < 1.29 is 18.0 Å². The van der Waals surface area contributed by atoms with Gasteiger partial charge in [-0.3, -0.25) is 4.79 Å². The first-order valence-corrected chi connectivity index (χ1v) is 8.03. The Balaban J connectivity index is 1.89. The van der Waals surface area contributed by atoms with Gasteiger partial charge in [0.15, 0.2) is 0 Å². The minimum atomic E-state index is -4.60. The molecule has 0 unspecified atom stereocenters. The number of carbonyl (C=O) groups excluding carboxylic acids is 1. The molecule has 0 aliphatic heterocycles. The molecule has 3 rings (SSSR count). The second-order valence-electron chi connectivity index (χ2n) is 5.80. The molecule has 1 aliphatic rings. The Kier molecular flexibility index (Phi) is 4.54. The topological polar surface area (TPSA) is 29.1 Å². The summed E-state index contributed by atoms with van der Waals surface area (Å²) in [5.41, 5.74) is 1.85. The van der Waals surface area contributed by atoms with Crippen LogP contribution in [0.1, 0.15) is 39.9 Å². The predicted molar refractivity (Wildman–Crippen MR) is 87.5 cm³/mol. The minimum absolute atomic E-state index is 0.0693. The molecule has 1 aliphatic carbocycles. The SMILES string of the molecule is O=C(Nc1cccc2c1CCCC2)c1ccc(Cl)c(C(F)(F)F)c1. The van der Waals surface area contributed by atoms with Crippen molar-refractivity contribution in [1.82, 2.24) is 0 Å². The Hall–Kier alpha value is -2.01. The second kappa shape index (κ2) is 6.48. The highest BCUT2D eigenvalue weighted by atomic mass is 35.5. The summed E-state index contributed by atoms with van der Waals surface area (Å²) in [6, 6.07) is 8.83. The highest BCUT2D eigenvalue weighted by molar-refractivity contribution is 6.31. The average Bonchev–Trinajstić information content (AvgIpc) is 2.54. The quantitative estimate of drug-likeness (QED) is 0.760. The first kappa shape index (κ1) is 16.8. The maximum absolute atomic E-state index is 12.9. The molecule has 126 valence electrons. The highest BCUT2D eigenvalue weighted by Gasteiger charge is 2.33. The van der Waals surface area contributed by atoms with E-state index in [0.29, 0.717) is 5.69 Å². The normalized spacial score (nSPS) is 14.2. The summed E-state index contributed by atoms with van der Waals surface area (Å²) in [5, 5.41) is 2.31. The van der Waals surface area contributed by atoms with Crippen molar-refractivity contribution in [2.75, 3.05) is 5.32 Å². The Morgan fingerprint density at radius 1 is 1.08 bits per heavy atom. The van der Waals surface area contributed by atoms with E-state index in [1.165, 1.54) is 11.6 Å². The lowest BCUT2D eigenvalue weighted by Crippen LogP contribution is -2.16. The molecule has 2 aromatic carbocycles. The molecule has 1 N–H and O–H groups in total. The number of anilines is 1. The van der Waals surface area contributed by atoms with Crippen LogP contribution in [0, 0.1) is 0 Å². The summed E-state index contributed by atoms with van der Waals surface area (Å²) in [6.07, 6.45) is -0.632. The number of hydrogen-bond acceptors (Lipinski definition) is 1. The lowest BCUT2D eigenvalue weighted by Gasteiger charge is -2.19. The lowest BCUT2D eigenvalue weighted by atomic mass is 9.90. The van der Waals surface area contributed by atoms with Gasteiger partial charge in [0.25, 0.3) is 5.91 Å². The molecule has 0 radical (unpaired) electrons. The fourth-order valence-corrected chi connectivity index (χ4v) is 3.20. The van der Waals surface area contributed by atoms with Crippen LogP contribution in [0.25, 0.3) is 0 Å². The number of benzene rings is 2. The number of rotatable bonds is 2. The number of halogens is 4. The number of hydrogen-bond donors (Lipinski definition) is 1. The molecular weight excluding hydrogens is 339 g/mol. The van der Waals surface area contributed by atoms with Crippen LogP contribution in [0.5, 0.6) is 0 Å². The van der Waals surface area contributed by atoms with Crippen LogP contribution in [0.2, 0.25) is 5.02 Å². The molecule has 0 saturated heterocycles. The van der Waals surface area contributed by atoms with E-state index in [-0.39, 0.29) is 5.56 Å². The van der Waals surface area contributed by atoms with Crippen molar-refractivity contribution in [3.63, 3.8) is 0 Å². The van der Waals surface area contributed by atoms with Crippen molar-refractivity contribution in [2.45, 2.75) is 31.9 Å². The third-order valence-corrected chi connectivity index (χ3v) is 4.51. The first-order chi connectivity index (χ1) is 11.4. The zero-order chi connectivity index (χ0) is 17.3. The number of alkyl halides is 3. The van der Waals surface area contributed by atoms with Gasteiger partial charge in [0, 0.05) is 11.3 Å². The zero-order valence-electron chi connectivity index (χ0n) is 12.7. The summed E-state index contributed by atoms with van der Waals surface area (Å²) in [6.45, 7) is 0. The van der Waals surface area contributed by atoms with Crippen LogP contribution in [-0.4, -0.2) is 5.91 Å². The van der Waals surface area contributed by atoms with Crippen molar-refractivity contribution in [3.8, 4) is 0 Å². The van der Waals surface area contributed by atoms with Gasteiger partial charge in [-0.05, 0) is 61.1 Å². The molecule has 0 saturated carbocycles. The van der Waals surface area contributed by atoms with E-state index >= 15 is 0 Å². The van der Waals surface area contributed by atoms with E-state index in [2.05, 4.69) is 5.32 Å². The van der Waals surface area contributed by atoms with Gasteiger partial charge < -0.3 is 5.32 Å². The summed E-state index contributed by atoms with van der Waals surface area (Å²) in [7, 11) is 0. The fraction of sp³-hybridized carbons (Fsp3) is 0.278. The molecule has 0 aromatic heterocycles. The molecule has 24 heavy (non-hydrogen) atoms. The molecule has 2 aromatic rings. The number of aryl methyl sites for hydroxylation is 1. The number of carbonyl (C=O) groups is 1. The van der Waals surface area contributed by atoms with Crippen molar-refractivity contribution in [3.05, 3.63) is 63.7 Å². The van der Waals surface area contributed by atoms with E-state index in [4.69, 9.17) is 11.6 Å². The smallest absolute Gasteiger partial charge is 0.322 e. The van der Waals surface area contributed by atoms with E-state index in [1.54, 1.807) is 6.07 Å². The fourth-order valence-electron chi connectivity index (χ4n) is 2.98. The zero-order valence-corrected chi connectivity index (χ0v) is 13.5. The highest BCUT2D eigenvalue weighted by Crippen LogP contribution is 2.35. The largest absolute Gasteiger partial charge is 0.417 e. The summed E-state index contributed by atoms with van der Waals surface area (Å²) in [5.74, 6) is -0.573. The molecule has 1 amide bonds. The van der Waals surface area contributed by atoms with Gasteiger partial charge >= 0.3 is 6.18 Å². The molecule has 0 spiro atoms. The van der Waals surface area contributed by atoms with Crippen LogP contribution < -0.4 is 5.32 Å². The maximum atomic E-state index is 12.9. The van der Waals surface area contributed by atoms with Crippen LogP contribution in [0.15, 0.2) is 36.4 Å². The van der Waals surface area contributed by atoms with Gasteiger partial charge in [-0.1, -0.05) is 23.7 Å². The van der Waals surface area contributed by atoms with Gasteiger partial charge in [-0.2, -0.15) is 13.2 Å². The van der Waals surface area contributed by atoms with Gasteiger partial charge in [-0.25, -0.2) is 0 Å². The van der Waals surface area contributed by atoms with Crippen molar-refractivity contribution in [1.29, 1.82) is 0 Å². The van der Waals surface area contributed by atoms with Crippen LogP contribution in [0.3, 0.4) is 0 Å². The summed E-state index contributed by atoms with van der Waals surface area (Å²) >= 11 is 5.59. The van der Waals surface area contributed by atoms with E-state index in [1.807, 2.05) is 12.1 Å². The molecule has 2 nitrogen and oxygen atoms in total. The van der Waals surface area contributed by atoms with Gasteiger partial charge in [0.2, 0.25) is 0 Å². The van der Waals surface area contributed by atoms with Gasteiger partial charge in [-0.15, -0.1) is 0 Å². The Labute approximate surface area is 142 Å². The number of fused-ring (bicyclic) bond motifs is 1. The molecule has 0 fully saturated rings. The Bertz CT molecular complexity index is 786. The molecule has 6 heteroatoms. The van der Waals surface area contributed by atoms with Crippen LogP contribution in [-0.2, 0) is 19.0 Å². The number of nitrogens with one attached hydrogen (secondary N) is 1. The van der Waals surface area contributed by atoms with E-state index < -0.39 is 22.7 Å². The second-order valence-corrected chi connectivity index (χ2v) is 6.20. The maximum Gasteiger partial charge on any atom is 0.417 e. The number of amides is 1. The third-order valence-electron chi connectivity index (χ3n) is 4.18. The molecule has 0 heterocycles. The van der Waals surface area contributed by atoms with Crippen molar-refractivity contribution in [2.24, 2.45) is 0 Å². The monoisotopic (exact) mass is 353 g/mol. The molecule has 0 atom stereocenters. The van der Waals surface area contributed by atoms with Gasteiger partial charge in [0.05, 0.1) is 10.6 Å². The predicted octanol–water partition coefficient (Wildman–Crippen LogP) is 5.49. The Morgan fingerprint density at radius 2 is 1.83 bits per heavy atom. The lowest BCUT2D eigenvalue weighted by molar-refractivity contribution is -0.137. The standard InChI is InChI=1S/C18H15ClF3NO/c19-15-9-8-12(10-14(15)18(20,21)22)17(24)23-16-7-3-5-11-4-1-2-6-13(11)16/h3,5,7-10H,1-2,4,6H2,(H,23,24). The molecular formula is C18H15ClF3NO. The Morgan fingerprint density at radius 3 is 2.58 bits per heavy atom. The summed E-state index contributed by atoms with van der Waals surface area (Å²) in [4.78, 5) is 12.4. The third kappa shape index (κ3) is 3.41. The first-order valence-electron chi connectivity index (χ1n) is 7.65. The van der Waals surface area contributed by atoms with Crippen LogP contribution in [0.4, 0.5) is 18.9 Å². The van der Waals surface area contributed by atoms with E-state index in [0.717, 1.165) is 43.4 Å². The molecule has 0 bridgehead atoms. The minimum Gasteiger partial charge on any atom is -0.322 e. The summed E-state index contributed by atoms with van der Waals surface area (Å²) < 4.78 is 38.8. The van der Waals surface area contributed by atoms with Crippen LogP contribution >= 0.6 is 11.6 Å².